The van der Waals surface area contributed by atoms with Crippen LogP contribution in [0.2, 0.25) is 0 Å². The number of hydrogen-bond acceptors (Lipinski definition) is 6. The number of nitrogens with zero attached hydrogens (tertiary/aromatic N) is 6. The van der Waals surface area contributed by atoms with E-state index in [1.54, 1.807) is 30.9 Å². The van der Waals surface area contributed by atoms with Crippen LogP contribution in [-0.4, -0.2) is 48.0 Å². The Kier molecular flexibility index (Phi) is 3.98. The largest absolute Gasteiger partial charge is 0.349 e. The van der Waals surface area contributed by atoms with E-state index in [9.17, 15) is 9.18 Å². The molecule has 1 aliphatic carbocycles. The summed E-state index contributed by atoms with van der Waals surface area (Å²) >= 11 is 0. The zero-order chi connectivity index (χ0) is 20.9. The van der Waals surface area contributed by atoms with E-state index in [2.05, 4.69) is 30.4 Å². The lowest BCUT2D eigenvalue weighted by molar-refractivity contribution is 0.0950. The first-order chi connectivity index (χ1) is 15.2. The first-order valence-corrected chi connectivity index (χ1v) is 10.2. The van der Waals surface area contributed by atoms with Crippen molar-refractivity contribution in [1.29, 1.82) is 0 Å². The number of rotatable bonds is 4. The van der Waals surface area contributed by atoms with Crippen LogP contribution >= 0.6 is 0 Å². The van der Waals surface area contributed by atoms with Gasteiger partial charge in [-0.15, -0.1) is 0 Å². The number of nitrogens with one attached hydrogen (secondary N) is 2. The summed E-state index contributed by atoms with van der Waals surface area (Å²) in [5, 5.41) is 7.63. The van der Waals surface area contributed by atoms with E-state index < -0.39 is 6.04 Å². The van der Waals surface area contributed by atoms with Crippen molar-refractivity contribution < 1.29 is 9.18 Å². The molecule has 1 fully saturated rings. The fourth-order valence-electron chi connectivity index (χ4n) is 4.14. The molecular formula is C21H19FN8O. The smallest absolute Gasteiger partial charge is 0.256 e. The van der Waals surface area contributed by atoms with Crippen LogP contribution in [0.1, 0.15) is 46.3 Å². The second kappa shape index (κ2) is 6.86. The van der Waals surface area contributed by atoms with E-state index >= 15 is 0 Å². The van der Waals surface area contributed by atoms with Crippen LogP contribution in [0.3, 0.4) is 0 Å². The molecule has 31 heavy (non-hydrogen) atoms. The Bertz CT molecular complexity index is 1290. The highest BCUT2D eigenvalue weighted by Gasteiger charge is 2.36. The molecule has 2 N–H and O–H groups in total. The number of carbonyl (C=O) groups is 1. The second-order valence-electron chi connectivity index (χ2n) is 7.88. The molecule has 0 aromatic carbocycles. The summed E-state index contributed by atoms with van der Waals surface area (Å²) in [6.07, 6.45) is 9.03. The third-order valence-corrected chi connectivity index (χ3v) is 5.79. The van der Waals surface area contributed by atoms with Gasteiger partial charge in [0.15, 0.2) is 0 Å². The predicted molar refractivity (Wildman–Crippen MR) is 109 cm³/mol. The van der Waals surface area contributed by atoms with Gasteiger partial charge >= 0.3 is 0 Å². The summed E-state index contributed by atoms with van der Waals surface area (Å²) in [5.41, 5.74) is 3.21. The van der Waals surface area contributed by atoms with E-state index in [1.165, 1.54) is 16.9 Å². The van der Waals surface area contributed by atoms with E-state index in [-0.39, 0.29) is 17.8 Å². The molecule has 2 aliphatic rings. The van der Waals surface area contributed by atoms with Crippen LogP contribution in [0.5, 0.6) is 0 Å². The molecule has 0 bridgehead atoms. The Morgan fingerprint density at radius 1 is 1.29 bits per heavy atom. The summed E-state index contributed by atoms with van der Waals surface area (Å²) in [5.74, 6) is -0.0209. The molecule has 0 radical (unpaired) electrons. The van der Waals surface area contributed by atoms with Crippen molar-refractivity contribution >= 4 is 17.2 Å². The average molecular weight is 418 g/mol. The van der Waals surface area contributed by atoms with Crippen LogP contribution in [0.4, 0.5) is 10.2 Å². The lowest BCUT2D eigenvalue weighted by Gasteiger charge is -2.35. The number of hydrogen-bond donors (Lipinski definition) is 2. The highest BCUT2D eigenvalue weighted by Crippen LogP contribution is 2.37. The molecule has 9 nitrogen and oxygen atoms in total. The summed E-state index contributed by atoms with van der Waals surface area (Å²) in [7, 11) is 0. The molecule has 0 unspecified atom stereocenters. The van der Waals surface area contributed by atoms with Crippen molar-refractivity contribution in [3.05, 3.63) is 71.7 Å². The number of aromatic amines is 1. The molecule has 1 atom stereocenters. The lowest BCUT2D eigenvalue weighted by atomic mass is 9.99. The van der Waals surface area contributed by atoms with Gasteiger partial charge in [0.2, 0.25) is 0 Å². The zero-order valence-electron chi connectivity index (χ0n) is 16.5. The van der Waals surface area contributed by atoms with Crippen LogP contribution in [0.25, 0.3) is 5.52 Å². The number of fused-ring (bicyclic) bond motifs is 2. The van der Waals surface area contributed by atoms with Crippen molar-refractivity contribution in [1.82, 2.24) is 34.9 Å². The summed E-state index contributed by atoms with van der Waals surface area (Å²) in [4.78, 5) is 31.1. The van der Waals surface area contributed by atoms with Gasteiger partial charge in [-0.1, -0.05) is 0 Å². The average Bonchev–Trinajstić information content (AvgIpc) is 3.29. The van der Waals surface area contributed by atoms with Crippen LogP contribution < -0.4 is 10.2 Å². The Balaban J connectivity index is 1.48. The van der Waals surface area contributed by atoms with Gasteiger partial charge in [-0.2, -0.15) is 5.10 Å². The number of H-pyrrole nitrogens is 1. The molecule has 6 rings (SSSR count). The molecular weight excluding hydrogens is 399 g/mol. The molecule has 0 spiro atoms. The fraction of sp³-hybridized carbons (Fsp3) is 0.286. The maximum Gasteiger partial charge on any atom is 0.256 e. The van der Waals surface area contributed by atoms with E-state index in [0.29, 0.717) is 35.6 Å². The molecule has 156 valence electrons. The highest BCUT2D eigenvalue weighted by atomic mass is 19.1. The fourth-order valence-corrected chi connectivity index (χ4v) is 4.14. The maximum absolute atomic E-state index is 14.4. The Morgan fingerprint density at radius 2 is 2.19 bits per heavy atom. The number of anilines is 1. The second-order valence-corrected chi connectivity index (χ2v) is 7.88. The SMILES string of the molecule is O=C(NC1CC1)c1cncnc1N1CCc2[nH]cnc2[C@@H]1c1cc2c(F)cccn2n1. The van der Waals surface area contributed by atoms with Crippen molar-refractivity contribution in [3.8, 4) is 0 Å². The summed E-state index contributed by atoms with van der Waals surface area (Å²) in [6, 6.07) is 4.54. The molecule has 4 aromatic rings. The third-order valence-electron chi connectivity index (χ3n) is 5.79. The minimum Gasteiger partial charge on any atom is -0.349 e. The Hall–Kier alpha value is -3.82. The summed E-state index contributed by atoms with van der Waals surface area (Å²) in [6.45, 7) is 0.594. The predicted octanol–water partition coefficient (Wildman–Crippen LogP) is 2.03. The van der Waals surface area contributed by atoms with Gasteiger partial charge in [0.05, 0.1) is 17.7 Å². The van der Waals surface area contributed by atoms with Crippen LogP contribution in [0.15, 0.2) is 43.2 Å². The minimum atomic E-state index is -0.420. The van der Waals surface area contributed by atoms with Gasteiger partial charge in [0.1, 0.15) is 35.1 Å². The normalized spacial score (nSPS) is 18.2. The van der Waals surface area contributed by atoms with Crippen LogP contribution in [-0.2, 0) is 6.42 Å². The third kappa shape index (κ3) is 3.02. The van der Waals surface area contributed by atoms with Gasteiger partial charge in [-0.3, -0.25) is 4.79 Å². The van der Waals surface area contributed by atoms with Gasteiger partial charge in [-0.05, 0) is 31.0 Å². The van der Waals surface area contributed by atoms with Crippen molar-refractivity contribution in [2.24, 2.45) is 0 Å². The summed E-state index contributed by atoms with van der Waals surface area (Å²) < 4.78 is 15.9. The highest BCUT2D eigenvalue weighted by molar-refractivity contribution is 5.99. The topological polar surface area (TPSA) is 104 Å². The van der Waals surface area contributed by atoms with Crippen molar-refractivity contribution in [3.63, 3.8) is 0 Å². The van der Waals surface area contributed by atoms with Crippen LogP contribution in [0, 0.1) is 5.82 Å². The zero-order valence-corrected chi connectivity index (χ0v) is 16.5. The molecule has 1 amide bonds. The quantitative estimate of drug-likeness (QED) is 0.526. The molecule has 1 aliphatic heterocycles. The minimum absolute atomic E-state index is 0.189. The number of amides is 1. The number of aromatic nitrogens is 6. The van der Waals surface area contributed by atoms with Gasteiger partial charge in [-0.25, -0.2) is 23.9 Å². The van der Waals surface area contributed by atoms with E-state index in [4.69, 9.17) is 0 Å². The van der Waals surface area contributed by atoms with Gasteiger partial charge in [0.25, 0.3) is 5.91 Å². The molecule has 1 saturated carbocycles. The molecule has 4 aromatic heterocycles. The van der Waals surface area contributed by atoms with Gasteiger partial charge < -0.3 is 15.2 Å². The maximum atomic E-state index is 14.4. The lowest BCUT2D eigenvalue weighted by Crippen LogP contribution is -2.39. The molecule has 10 heteroatoms. The van der Waals surface area contributed by atoms with Gasteiger partial charge in [0, 0.05) is 37.1 Å². The van der Waals surface area contributed by atoms with Crippen molar-refractivity contribution in [2.75, 3.05) is 11.4 Å². The number of imidazole rings is 1. The first-order valence-electron chi connectivity index (χ1n) is 10.2. The Morgan fingerprint density at radius 3 is 3.03 bits per heavy atom. The molecule has 5 heterocycles. The number of halogens is 1. The monoisotopic (exact) mass is 418 g/mol. The first kappa shape index (κ1) is 18.0. The number of pyridine rings is 1. The van der Waals surface area contributed by atoms with E-state index in [0.717, 1.165) is 24.2 Å². The Labute approximate surface area is 176 Å². The standard InChI is InChI=1S/C21H19FN8O/c22-14-2-1-6-30-17(14)8-16(28-30)19-18-15(24-11-25-18)5-7-29(19)20-13(9-23-10-26-20)21(31)27-12-3-4-12/h1-2,6,8-12,19H,3-5,7H2,(H,24,25)(H,27,31)/t19-/m0/s1. The van der Waals surface area contributed by atoms with Crippen molar-refractivity contribution in [2.45, 2.75) is 31.3 Å². The number of carbonyl (C=O) groups excluding carboxylic acids is 1. The van der Waals surface area contributed by atoms with E-state index in [1.807, 2.05) is 4.90 Å². The molecule has 0 saturated heterocycles.